The normalized spacial score (nSPS) is 26.6. The first-order chi connectivity index (χ1) is 9.26. The molecule has 3 rings (SSSR count). The maximum Gasteiger partial charge on any atom is 0.238 e. The Morgan fingerprint density at radius 3 is 2.30 bits per heavy atom. The number of nitrogens with zero attached hydrogens (tertiary/aromatic N) is 1. The van der Waals surface area contributed by atoms with Crippen LogP contribution in [0.3, 0.4) is 0 Å². The highest BCUT2D eigenvalue weighted by Gasteiger charge is 2.72. The Kier molecular flexibility index (Phi) is 2.72. The van der Waals surface area contributed by atoms with Crippen molar-refractivity contribution in [1.29, 1.82) is 0 Å². The van der Waals surface area contributed by atoms with Gasteiger partial charge in [-0.1, -0.05) is 37.7 Å². The highest BCUT2D eigenvalue weighted by Crippen LogP contribution is 2.63. The van der Waals surface area contributed by atoms with Gasteiger partial charge in [0.25, 0.3) is 0 Å². The standard InChI is InChI=1S/C14H13ClN2O2S/c1-14(2)9-10(14)13(19)17(12(9)18)8-4-3-6(11(16)20)5-7(8)15/h3-5,9-10H,1-2H3,(H2,16,20). The second-order valence-electron chi connectivity index (χ2n) is 5.82. The van der Waals surface area contributed by atoms with E-state index in [2.05, 4.69) is 0 Å². The molecule has 1 heterocycles. The molecule has 2 amide bonds. The average Bonchev–Trinajstić information content (AvgIpc) is 2.81. The molecule has 1 aliphatic heterocycles. The van der Waals surface area contributed by atoms with Crippen LogP contribution in [-0.4, -0.2) is 16.8 Å². The fourth-order valence-corrected chi connectivity index (χ4v) is 3.42. The van der Waals surface area contributed by atoms with Crippen molar-refractivity contribution in [3.63, 3.8) is 0 Å². The van der Waals surface area contributed by atoms with Crippen LogP contribution in [-0.2, 0) is 9.59 Å². The number of anilines is 1. The number of carbonyl (C=O) groups excluding carboxylic acids is 2. The number of carbonyl (C=O) groups is 2. The Bertz CT molecular complexity index is 647. The van der Waals surface area contributed by atoms with E-state index >= 15 is 0 Å². The SMILES string of the molecule is CC1(C)C2C(=O)N(c3ccc(C(N)=S)cc3Cl)C(=O)C21. The third-order valence-corrected chi connectivity index (χ3v) is 4.81. The molecule has 2 fully saturated rings. The Morgan fingerprint density at radius 1 is 1.30 bits per heavy atom. The third-order valence-electron chi connectivity index (χ3n) is 4.27. The van der Waals surface area contributed by atoms with Gasteiger partial charge in [-0.25, -0.2) is 4.90 Å². The van der Waals surface area contributed by atoms with Gasteiger partial charge in [0, 0.05) is 5.56 Å². The average molecular weight is 309 g/mol. The highest BCUT2D eigenvalue weighted by atomic mass is 35.5. The van der Waals surface area contributed by atoms with E-state index < -0.39 is 0 Å². The van der Waals surface area contributed by atoms with E-state index in [-0.39, 0.29) is 34.1 Å². The van der Waals surface area contributed by atoms with Crippen LogP contribution in [0.4, 0.5) is 5.69 Å². The predicted molar refractivity (Wildman–Crippen MR) is 80.6 cm³/mol. The zero-order chi connectivity index (χ0) is 14.8. The minimum atomic E-state index is -0.226. The van der Waals surface area contributed by atoms with Gasteiger partial charge in [0.1, 0.15) is 4.99 Å². The van der Waals surface area contributed by atoms with Crippen molar-refractivity contribution in [2.75, 3.05) is 4.90 Å². The summed E-state index contributed by atoms with van der Waals surface area (Å²) >= 11 is 11.0. The molecule has 2 aliphatic rings. The fourth-order valence-electron chi connectivity index (χ4n) is 3.03. The van der Waals surface area contributed by atoms with E-state index in [0.717, 1.165) is 0 Å². The van der Waals surface area contributed by atoms with E-state index in [0.29, 0.717) is 16.3 Å². The van der Waals surface area contributed by atoms with Crippen molar-refractivity contribution in [1.82, 2.24) is 0 Å². The highest BCUT2D eigenvalue weighted by molar-refractivity contribution is 7.80. The first kappa shape index (κ1) is 13.5. The molecule has 0 spiro atoms. The Morgan fingerprint density at radius 2 is 1.85 bits per heavy atom. The largest absolute Gasteiger partial charge is 0.389 e. The van der Waals surface area contributed by atoms with E-state index in [1.807, 2.05) is 13.8 Å². The van der Waals surface area contributed by atoms with Crippen LogP contribution in [0.5, 0.6) is 0 Å². The molecule has 1 saturated carbocycles. The first-order valence-corrected chi connectivity index (χ1v) is 7.02. The van der Waals surface area contributed by atoms with Crippen LogP contribution in [0.2, 0.25) is 5.02 Å². The van der Waals surface area contributed by atoms with Gasteiger partial charge in [-0.2, -0.15) is 0 Å². The van der Waals surface area contributed by atoms with Gasteiger partial charge < -0.3 is 5.73 Å². The van der Waals surface area contributed by atoms with Crippen LogP contribution in [0.25, 0.3) is 0 Å². The molecule has 1 saturated heterocycles. The molecule has 6 heteroatoms. The lowest BCUT2D eigenvalue weighted by Crippen LogP contribution is -2.36. The smallest absolute Gasteiger partial charge is 0.238 e. The van der Waals surface area contributed by atoms with E-state index in [1.165, 1.54) is 4.90 Å². The molecule has 1 aliphatic carbocycles. The Hall–Kier alpha value is -1.46. The van der Waals surface area contributed by atoms with Crippen molar-refractivity contribution in [2.45, 2.75) is 13.8 Å². The summed E-state index contributed by atoms with van der Waals surface area (Å²) in [7, 11) is 0. The maximum absolute atomic E-state index is 12.3. The van der Waals surface area contributed by atoms with Gasteiger partial charge in [-0.15, -0.1) is 0 Å². The number of thiocarbonyl (C=S) groups is 1. The summed E-state index contributed by atoms with van der Waals surface area (Å²) in [5.74, 6) is -0.785. The number of benzene rings is 1. The first-order valence-electron chi connectivity index (χ1n) is 6.24. The van der Waals surface area contributed by atoms with Gasteiger partial charge in [-0.3, -0.25) is 9.59 Å². The van der Waals surface area contributed by atoms with Crippen LogP contribution in [0, 0.1) is 17.3 Å². The summed E-state index contributed by atoms with van der Waals surface area (Å²) in [4.78, 5) is 26.1. The van der Waals surface area contributed by atoms with E-state index in [4.69, 9.17) is 29.6 Å². The number of hydrogen-bond acceptors (Lipinski definition) is 3. The predicted octanol–water partition coefficient (Wildman–Crippen LogP) is 2.12. The summed E-state index contributed by atoms with van der Waals surface area (Å²) in [5, 5.41) is 0.302. The summed E-state index contributed by atoms with van der Waals surface area (Å²) in [5.41, 5.74) is 6.32. The minimum Gasteiger partial charge on any atom is -0.389 e. The molecular weight excluding hydrogens is 296 g/mol. The summed E-state index contributed by atoms with van der Waals surface area (Å²) in [6.07, 6.45) is 0. The number of rotatable bonds is 2. The van der Waals surface area contributed by atoms with Crippen LogP contribution < -0.4 is 10.6 Å². The van der Waals surface area contributed by atoms with Gasteiger partial charge >= 0.3 is 0 Å². The number of hydrogen-bond donors (Lipinski definition) is 1. The van der Waals surface area contributed by atoms with Crippen molar-refractivity contribution in [2.24, 2.45) is 23.0 Å². The molecule has 0 bridgehead atoms. The van der Waals surface area contributed by atoms with Gasteiger partial charge in [-0.05, 0) is 23.6 Å². The zero-order valence-electron chi connectivity index (χ0n) is 11.0. The lowest BCUT2D eigenvalue weighted by molar-refractivity contribution is -0.125. The molecule has 104 valence electrons. The third kappa shape index (κ3) is 1.63. The maximum atomic E-state index is 12.3. The lowest BCUT2D eigenvalue weighted by Gasteiger charge is -2.21. The van der Waals surface area contributed by atoms with Crippen LogP contribution in [0.1, 0.15) is 19.4 Å². The molecular formula is C14H13ClN2O2S. The van der Waals surface area contributed by atoms with Crippen molar-refractivity contribution in [3.05, 3.63) is 28.8 Å². The molecule has 0 radical (unpaired) electrons. The topological polar surface area (TPSA) is 63.4 Å². The summed E-state index contributed by atoms with van der Waals surface area (Å²) in [6.45, 7) is 3.88. The van der Waals surface area contributed by atoms with Crippen LogP contribution >= 0.6 is 23.8 Å². The minimum absolute atomic E-state index is 0.171. The van der Waals surface area contributed by atoms with E-state index in [9.17, 15) is 9.59 Å². The van der Waals surface area contributed by atoms with Crippen LogP contribution in [0.15, 0.2) is 18.2 Å². The number of fused-ring (bicyclic) bond motifs is 1. The molecule has 1 aromatic carbocycles. The fraction of sp³-hybridized carbons (Fsp3) is 0.357. The van der Waals surface area contributed by atoms with Gasteiger partial charge in [0.05, 0.1) is 22.5 Å². The lowest BCUT2D eigenvalue weighted by atomic mass is 10.0. The van der Waals surface area contributed by atoms with Crippen molar-refractivity contribution < 1.29 is 9.59 Å². The van der Waals surface area contributed by atoms with E-state index in [1.54, 1.807) is 18.2 Å². The number of piperidine rings is 1. The Labute approximate surface area is 126 Å². The second kappa shape index (κ2) is 4.02. The molecule has 2 atom stereocenters. The molecule has 0 aromatic heterocycles. The molecule has 4 nitrogen and oxygen atoms in total. The zero-order valence-corrected chi connectivity index (χ0v) is 12.6. The number of halogens is 1. The summed E-state index contributed by atoms with van der Waals surface area (Å²) < 4.78 is 0. The Balaban J connectivity index is 1.98. The monoisotopic (exact) mass is 308 g/mol. The number of imide groups is 1. The van der Waals surface area contributed by atoms with Crippen molar-refractivity contribution >= 4 is 46.3 Å². The number of amides is 2. The van der Waals surface area contributed by atoms with Crippen molar-refractivity contribution in [3.8, 4) is 0 Å². The summed E-state index contributed by atoms with van der Waals surface area (Å²) in [6, 6.07) is 4.86. The molecule has 2 N–H and O–H groups in total. The van der Waals surface area contributed by atoms with Gasteiger partial charge in [0.15, 0.2) is 0 Å². The van der Waals surface area contributed by atoms with Gasteiger partial charge in [0.2, 0.25) is 11.8 Å². The quantitative estimate of drug-likeness (QED) is 0.671. The molecule has 20 heavy (non-hydrogen) atoms. The number of nitrogens with two attached hydrogens (primary N) is 1. The molecule has 1 aromatic rings. The second-order valence-corrected chi connectivity index (χ2v) is 6.67. The molecule has 2 unspecified atom stereocenters.